The molecule has 0 bridgehead atoms. The standard InChI is InChI=1S/C20H22N4O/c1-4-14-10-15-6-7-16(11-17(15)23-19(14)25)20(3,13-21)12-18-22-8-9-24(18)5-2/h6-11H,4-5,12H2,1-3H3,(H,23,25). The Hall–Kier alpha value is -2.87. The van der Waals surface area contributed by atoms with Crippen LogP contribution in [0.15, 0.2) is 41.5 Å². The number of imidazole rings is 1. The number of aromatic nitrogens is 3. The van der Waals surface area contributed by atoms with Gasteiger partial charge in [-0.3, -0.25) is 4.79 Å². The Kier molecular flexibility index (Phi) is 4.45. The number of nitrogens with zero attached hydrogens (tertiary/aromatic N) is 3. The molecule has 2 heterocycles. The third-order valence-electron chi connectivity index (χ3n) is 4.84. The highest BCUT2D eigenvalue weighted by atomic mass is 16.1. The van der Waals surface area contributed by atoms with E-state index >= 15 is 0 Å². The number of fused-ring (bicyclic) bond motifs is 1. The van der Waals surface area contributed by atoms with Gasteiger partial charge < -0.3 is 9.55 Å². The summed E-state index contributed by atoms with van der Waals surface area (Å²) in [5, 5.41) is 10.8. The lowest BCUT2D eigenvalue weighted by Crippen LogP contribution is -2.25. The highest BCUT2D eigenvalue weighted by molar-refractivity contribution is 5.80. The van der Waals surface area contributed by atoms with E-state index in [-0.39, 0.29) is 5.56 Å². The van der Waals surface area contributed by atoms with Gasteiger partial charge in [0.25, 0.3) is 5.56 Å². The first-order valence-electron chi connectivity index (χ1n) is 8.58. The summed E-state index contributed by atoms with van der Waals surface area (Å²) in [7, 11) is 0. The Balaban J connectivity index is 2.06. The summed E-state index contributed by atoms with van der Waals surface area (Å²) in [6.45, 7) is 6.76. The molecule has 0 saturated heterocycles. The van der Waals surface area contributed by atoms with Gasteiger partial charge in [-0.15, -0.1) is 0 Å². The maximum atomic E-state index is 12.1. The Morgan fingerprint density at radius 1 is 1.32 bits per heavy atom. The number of nitrogens with one attached hydrogen (secondary N) is 1. The number of pyridine rings is 1. The first-order chi connectivity index (χ1) is 12.0. The second-order valence-electron chi connectivity index (χ2n) is 6.53. The van der Waals surface area contributed by atoms with Crippen LogP contribution < -0.4 is 5.56 Å². The van der Waals surface area contributed by atoms with Crippen LogP contribution in [0.3, 0.4) is 0 Å². The largest absolute Gasteiger partial charge is 0.335 e. The molecule has 0 fully saturated rings. The molecule has 1 aromatic carbocycles. The number of rotatable bonds is 5. The number of hydrogen-bond acceptors (Lipinski definition) is 3. The number of benzene rings is 1. The van der Waals surface area contributed by atoms with E-state index in [9.17, 15) is 10.1 Å². The Morgan fingerprint density at radius 3 is 2.80 bits per heavy atom. The van der Waals surface area contributed by atoms with E-state index in [1.54, 1.807) is 6.20 Å². The molecule has 0 aliphatic rings. The molecule has 5 heteroatoms. The monoisotopic (exact) mass is 334 g/mol. The fourth-order valence-corrected chi connectivity index (χ4v) is 3.17. The van der Waals surface area contributed by atoms with E-state index in [2.05, 4.69) is 23.0 Å². The minimum Gasteiger partial charge on any atom is -0.335 e. The third-order valence-corrected chi connectivity index (χ3v) is 4.84. The molecule has 1 N–H and O–H groups in total. The predicted molar refractivity (Wildman–Crippen MR) is 98.5 cm³/mol. The summed E-state index contributed by atoms with van der Waals surface area (Å²) in [6.07, 6.45) is 4.91. The van der Waals surface area contributed by atoms with Crippen LogP contribution in [0.5, 0.6) is 0 Å². The van der Waals surface area contributed by atoms with E-state index in [1.807, 2.05) is 48.9 Å². The van der Waals surface area contributed by atoms with Crippen LogP contribution in [0.2, 0.25) is 0 Å². The second kappa shape index (κ2) is 6.56. The molecular weight excluding hydrogens is 312 g/mol. The van der Waals surface area contributed by atoms with Gasteiger partial charge in [0.05, 0.1) is 11.5 Å². The fraction of sp³-hybridized carbons (Fsp3) is 0.350. The van der Waals surface area contributed by atoms with Crippen molar-refractivity contribution in [3.63, 3.8) is 0 Å². The summed E-state index contributed by atoms with van der Waals surface area (Å²) in [4.78, 5) is 19.4. The SMILES string of the molecule is CCc1cc2ccc(C(C)(C#N)Cc3nccn3CC)cc2[nH]c1=O. The molecule has 3 rings (SSSR count). The molecule has 5 nitrogen and oxygen atoms in total. The minimum atomic E-state index is -0.715. The number of aryl methyl sites for hydroxylation is 2. The zero-order valence-corrected chi connectivity index (χ0v) is 14.8. The van der Waals surface area contributed by atoms with Crippen molar-refractivity contribution >= 4 is 10.9 Å². The molecule has 1 unspecified atom stereocenters. The molecule has 25 heavy (non-hydrogen) atoms. The quantitative estimate of drug-likeness (QED) is 0.777. The molecule has 1 atom stereocenters. The van der Waals surface area contributed by atoms with E-state index in [0.717, 1.165) is 34.4 Å². The van der Waals surface area contributed by atoms with Gasteiger partial charge in [0, 0.05) is 36.4 Å². The van der Waals surface area contributed by atoms with Gasteiger partial charge in [0.1, 0.15) is 5.82 Å². The van der Waals surface area contributed by atoms with E-state index < -0.39 is 5.41 Å². The van der Waals surface area contributed by atoms with E-state index in [4.69, 9.17) is 0 Å². The van der Waals surface area contributed by atoms with Gasteiger partial charge in [0.2, 0.25) is 0 Å². The van der Waals surface area contributed by atoms with E-state index in [0.29, 0.717) is 12.8 Å². The van der Waals surface area contributed by atoms with Crippen molar-refractivity contribution in [3.05, 3.63) is 64.0 Å². The zero-order chi connectivity index (χ0) is 18.0. The lowest BCUT2D eigenvalue weighted by atomic mass is 9.80. The van der Waals surface area contributed by atoms with Crippen LogP contribution in [-0.4, -0.2) is 14.5 Å². The predicted octanol–water partition coefficient (Wildman–Crippen LogP) is 3.33. The van der Waals surface area contributed by atoms with Gasteiger partial charge in [-0.2, -0.15) is 5.26 Å². The lowest BCUT2D eigenvalue weighted by Gasteiger charge is -2.22. The van der Waals surface area contributed by atoms with Crippen molar-refractivity contribution in [1.29, 1.82) is 5.26 Å². The summed E-state index contributed by atoms with van der Waals surface area (Å²) < 4.78 is 2.05. The Labute approximate surface area is 147 Å². The van der Waals surface area contributed by atoms with Crippen LogP contribution in [0, 0.1) is 11.3 Å². The van der Waals surface area contributed by atoms with Crippen molar-refractivity contribution < 1.29 is 0 Å². The zero-order valence-electron chi connectivity index (χ0n) is 14.8. The van der Waals surface area contributed by atoms with Crippen LogP contribution in [0.25, 0.3) is 10.9 Å². The molecule has 128 valence electrons. The summed E-state index contributed by atoms with van der Waals surface area (Å²) >= 11 is 0. The summed E-state index contributed by atoms with van der Waals surface area (Å²) in [6, 6.07) is 10.2. The molecule has 0 aliphatic heterocycles. The average Bonchev–Trinajstić information content (AvgIpc) is 3.07. The van der Waals surface area contributed by atoms with Gasteiger partial charge in [-0.05, 0) is 43.4 Å². The molecule has 0 amide bonds. The van der Waals surface area contributed by atoms with Crippen molar-refractivity contribution in [2.45, 2.75) is 45.6 Å². The van der Waals surface area contributed by atoms with Gasteiger partial charge in [0.15, 0.2) is 0 Å². The smallest absolute Gasteiger partial charge is 0.251 e. The molecule has 3 aromatic rings. The Morgan fingerprint density at radius 2 is 2.12 bits per heavy atom. The van der Waals surface area contributed by atoms with Gasteiger partial charge in [-0.25, -0.2) is 4.98 Å². The highest BCUT2D eigenvalue weighted by Gasteiger charge is 2.29. The van der Waals surface area contributed by atoms with Crippen molar-refractivity contribution in [2.75, 3.05) is 0 Å². The normalized spacial score (nSPS) is 13.5. The molecule has 0 radical (unpaired) electrons. The fourth-order valence-electron chi connectivity index (χ4n) is 3.17. The number of hydrogen-bond donors (Lipinski definition) is 1. The maximum absolute atomic E-state index is 12.1. The summed E-state index contributed by atoms with van der Waals surface area (Å²) in [5.74, 6) is 0.890. The van der Waals surface area contributed by atoms with Crippen LogP contribution >= 0.6 is 0 Å². The Bertz CT molecular complexity index is 1010. The van der Waals surface area contributed by atoms with Crippen LogP contribution in [-0.2, 0) is 24.8 Å². The topological polar surface area (TPSA) is 74.5 Å². The number of H-pyrrole nitrogens is 1. The molecule has 0 aliphatic carbocycles. The van der Waals surface area contributed by atoms with Crippen molar-refractivity contribution in [3.8, 4) is 6.07 Å². The first kappa shape index (κ1) is 17.0. The van der Waals surface area contributed by atoms with Gasteiger partial charge >= 0.3 is 0 Å². The molecule has 0 spiro atoms. The molecular formula is C20H22N4O. The van der Waals surface area contributed by atoms with Crippen molar-refractivity contribution in [1.82, 2.24) is 14.5 Å². The van der Waals surface area contributed by atoms with Crippen LogP contribution in [0.4, 0.5) is 0 Å². The average molecular weight is 334 g/mol. The van der Waals surface area contributed by atoms with Crippen LogP contribution in [0.1, 0.15) is 37.7 Å². The lowest BCUT2D eigenvalue weighted by molar-refractivity contribution is 0.557. The maximum Gasteiger partial charge on any atom is 0.251 e. The van der Waals surface area contributed by atoms with E-state index in [1.165, 1.54) is 0 Å². The number of aromatic amines is 1. The highest BCUT2D eigenvalue weighted by Crippen LogP contribution is 2.29. The second-order valence-corrected chi connectivity index (χ2v) is 6.53. The first-order valence-corrected chi connectivity index (χ1v) is 8.58. The molecule has 2 aromatic heterocycles. The third kappa shape index (κ3) is 3.08. The summed E-state index contributed by atoms with van der Waals surface area (Å²) in [5.41, 5.74) is 1.64. The van der Waals surface area contributed by atoms with Crippen molar-refractivity contribution in [2.24, 2.45) is 0 Å². The van der Waals surface area contributed by atoms with Gasteiger partial charge in [-0.1, -0.05) is 19.1 Å². The number of nitriles is 1. The molecule has 0 saturated carbocycles. The minimum absolute atomic E-state index is 0.0627.